The van der Waals surface area contributed by atoms with Crippen LogP contribution in [0.4, 0.5) is 0 Å². The molecule has 9 heteroatoms. The number of rotatable bonds is 8. The lowest BCUT2D eigenvalue weighted by molar-refractivity contribution is -0.142. The predicted octanol–water partition coefficient (Wildman–Crippen LogP) is 1.75. The molecule has 24 heavy (non-hydrogen) atoms. The summed E-state index contributed by atoms with van der Waals surface area (Å²) in [5, 5.41) is 24.0. The molecule has 1 amide bonds. The van der Waals surface area contributed by atoms with Crippen LogP contribution in [0.25, 0.3) is 11.4 Å². The van der Waals surface area contributed by atoms with Crippen molar-refractivity contribution in [1.82, 2.24) is 25.5 Å². The number of tetrazole rings is 1. The number of hydrogen-bond acceptors (Lipinski definition) is 5. The maximum atomic E-state index is 12.0. The second kappa shape index (κ2) is 8.39. The van der Waals surface area contributed by atoms with E-state index in [2.05, 4.69) is 20.7 Å². The van der Waals surface area contributed by atoms with Gasteiger partial charge in [0, 0.05) is 10.6 Å². The molecule has 0 aliphatic carbocycles. The molecule has 0 fully saturated rings. The Morgan fingerprint density at radius 1 is 1.33 bits per heavy atom. The van der Waals surface area contributed by atoms with Crippen molar-refractivity contribution in [2.45, 2.75) is 38.8 Å². The van der Waals surface area contributed by atoms with Crippen LogP contribution in [0.1, 0.15) is 26.2 Å². The van der Waals surface area contributed by atoms with Gasteiger partial charge in [-0.05, 0) is 35.9 Å². The Hall–Kier alpha value is -2.48. The number of halogens is 1. The Morgan fingerprint density at radius 3 is 2.67 bits per heavy atom. The number of aromatic nitrogens is 4. The molecule has 0 radical (unpaired) electrons. The van der Waals surface area contributed by atoms with Gasteiger partial charge in [0.1, 0.15) is 12.6 Å². The Morgan fingerprint density at radius 2 is 2.04 bits per heavy atom. The Kier molecular flexibility index (Phi) is 6.25. The first kappa shape index (κ1) is 17.9. The summed E-state index contributed by atoms with van der Waals surface area (Å²) in [6, 6.07) is 5.99. The lowest BCUT2D eigenvalue weighted by atomic mass is 10.1. The first-order chi connectivity index (χ1) is 11.5. The van der Waals surface area contributed by atoms with Crippen molar-refractivity contribution in [1.29, 1.82) is 0 Å². The number of nitrogens with one attached hydrogen (secondary N) is 1. The molecule has 1 atom stereocenters. The summed E-state index contributed by atoms with van der Waals surface area (Å²) in [5.41, 5.74) is 0.720. The van der Waals surface area contributed by atoms with Crippen LogP contribution < -0.4 is 5.32 Å². The monoisotopic (exact) mass is 351 g/mol. The van der Waals surface area contributed by atoms with E-state index in [4.69, 9.17) is 16.7 Å². The molecule has 2 N–H and O–H groups in total. The van der Waals surface area contributed by atoms with Crippen molar-refractivity contribution in [3.63, 3.8) is 0 Å². The van der Waals surface area contributed by atoms with Gasteiger partial charge in [-0.15, -0.1) is 10.2 Å². The third-order valence-electron chi connectivity index (χ3n) is 3.32. The lowest BCUT2D eigenvalue weighted by Gasteiger charge is -2.13. The fourth-order valence-electron chi connectivity index (χ4n) is 2.06. The van der Waals surface area contributed by atoms with Gasteiger partial charge in [-0.2, -0.15) is 4.80 Å². The van der Waals surface area contributed by atoms with Gasteiger partial charge in [-0.25, -0.2) is 4.79 Å². The van der Waals surface area contributed by atoms with Crippen molar-refractivity contribution in [2.24, 2.45) is 0 Å². The van der Waals surface area contributed by atoms with E-state index in [1.165, 1.54) is 0 Å². The molecule has 2 rings (SSSR count). The summed E-state index contributed by atoms with van der Waals surface area (Å²) in [7, 11) is 0. The number of nitrogens with zero attached hydrogens (tertiary/aromatic N) is 4. The van der Waals surface area contributed by atoms with Crippen LogP contribution in [0.5, 0.6) is 0 Å². The van der Waals surface area contributed by atoms with Gasteiger partial charge < -0.3 is 10.4 Å². The van der Waals surface area contributed by atoms with Gasteiger partial charge in [0.05, 0.1) is 0 Å². The van der Waals surface area contributed by atoms with Crippen molar-refractivity contribution >= 4 is 23.5 Å². The Labute approximate surface area is 143 Å². The molecule has 1 unspecified atom stereocenters. The molecular weight excluding hydrogens is 334 g/mol. The van der Waals surface area contributed by atoms with Crippen molar-refractivity contribution < 1.29 is 14.7 Å². The summed E-state index contributed by atoms with van der Waals surface area (Å²) in [5.74, 6) is -1.16. The second-order valence-corrected chi connectivity index (χ2v) is 5.69. The molecule has 0 aliphatic rings. The maximum Gasteiger partial charge on any atom is 0.326 e. The molecule has 0 spiro atoms. The van der Waals surface area contributed by atoms with Crippen molar-refractivity contribution in [2.75, 3.05) is 0 Å². The highest BCUT2D eigenvalue weighted by Gasteiger charge is 2.20. The van der Waals surface area contributed by atoms with Crippen LogP contribution >= 0.6 is 11.6 Å². The predicted molar refractivity (Wildman–Crippen MR) is 87.4 cm³/mol. The summed E-state index contributed by atoms with van der Waals surface area (Å²) in [6.07, 6.45) is 1.96. The minimum atomic E-state index is -1.05. The van der Waals surface area contributed by atoms with Crippen LogP contribution in [-0.4, -0.2) is 43.2 Å². The number of unbranched alkanes of at least 4 members (excludes halogenated alkanes) is 1. The summed E-state index contributed by atoms with van der Waals surface area (Å²) >= 11 is 5.82. The number of benzene rings is 1. The smallest absolute Gasteiger partial charge is 0.326 e. The maximum absolute atomic E-state index is 12.0. The van der Waals surface area contributed by atoms with Crippen molar-refractivity contribution in [3.05, 3.63) is 29.3 Å². The van der Waals surface area contributed by atoms with E-state index in [0.29, 0.717) is 17.3 Å². The van der Waals surface area contributed by atoms with Gasteiger partial charge >= 0.3 is 5.97 Å². The number of hydrogen-bond donors (Lipinski definition) is 2. The molecule has 0 saturated heterocycles. The van der Waals surface area contributed by atoms with E-state index in [1.807, 2.05) is 6.92 Å². The SMILES string of the molecule is CCCCC(NC(=O)Cn1nnc(-c2ccc(Cl)cc2)n1)C(=O)O. The van der Waals surface area contributed by atoms with Gasteiger partial charge in [-0.3, -0.25) is 4.79 Å². The first-order valence-electron chi connectivity index (χ1n) is 7.55. The molecule has 8 nitrogen and oxygen atoms in total. The fourth-order valence-corrected chi connectivity index (χ4v) is 2.18. The van der Waals surface area contributed by atoms with E-state index in [1.54, 1.807) is 24.3 Å². The molecule has 0 bridgehead atoms. The molecule has 128 valence electrons. The third-order valence-corrected chi connectivity index (χ3v) is 3.57. The molecular formula is C15H18ClN5O3. The zero-order valence-electron chi connectivity index (χ0n) is 13.1. The van der Waals surface area contributed by atoms with Crippen LogP contribution in [0, 0.1) is 0 Å². The minimum absolute atomic E-state index is 0.198. The highest BCUT2D eigenvalue weighted by molar-refractivity contribution is 6.30. The normalized spacial score (nSPS) is 11.9. The first-order valence-corrected chi connectivity index (χ1v) is 7.93. The molecule has 0 saturated carbocycles. The standard InChI is InChI=1S/C15H18ClN5O3/c1-2-3-4-12(15(23)24)17-13(22)9-21-19-14(18-20-21)10-5-7-11(16)8-6-10/h5-8,12H,2-4,9H2,1H3,(H,17,22)(H,23,24). The fraction of sp³-hybridized carbons (Fsp3) is 0.400. The number of carboxylic acid groups (broad SMARTS) is 1. The van der Waals surface area contributed by atoms with Crippen LogP contribution in [0.3, 0.4) is 0 Å². The van der Waals surface area contributed by atoms with Crippen LogP contribution in [0.15, 0.2) is 24.3 Å². The van der Waals surface area contributed by atoms with Crippen molar-refractivity contribution in [3.8, 4) is 11.4 Å². The number of carboxylic acids is 1. The van der Waals surface area contributed by atoms with E-state index < -0.39 is 17.9 Å². The lowest BCUT2D eigenvalue weighted by Crippen LogP contribution is -2.42. The Balaban J connectivity index is 1.97. The topological polar surface area (TPSA) is 110 Å². The van der Waals surface area contributed by atoms with E-state index in [9.17, 15) is 9.59 Å². The number of carbonyl (C=O) groups is 2. The van der Waals surface area contributed by atoms with Crippen LogP contribution in [-0.2, 0) is 16.1 Å². The van der Waals surface area contributed by atoms with Crippen LogP contribution in [0.2, 0.25) is 5.02 Å². The van der Waals surface area contributed by atoms with E-state index in [0.717, 1.165) is 23.2 Å². The quantitative estimate of drug-likeness (QED) is 0.749. The summed E-state index contributed by atoms with van der Waals surface area (Å²) in [4.78, 5) is 24.2. The van der Waals surface area contributed by atoms with E-state index >= 15 is 0 Å². The zero-order chi connectivity index (χ0) is 17.5. The molecule has 1 aromatic carbocycles. The average Bonchev–Trinajstić information content (AvgIpc) is 3.00. The summed E-state index contributed by atoms with van der Waals surface area (Å²) < 4.78 is 0. The largest absolute Gasteiger partial charge is 0.480 e. The Bertz CT molecular complexity index is 701. The summed E-state index contributed by atoms with van der Waals surface area (Å²) in [6.45, 7) is 1.76. The molecule has 1 aromatic heterocycles. The third kappa shape index (κ3) is 5.02. The number of amides is 1. The minimum Gasteiger partial charge on any atom is -0.480 e. The molecule has 1 heterocycles. The molecule has 2 aromatic rings. The van der Waals surface area contributed by atoms with E-state index in [-0.39, 0.29) is 6.54 Å². The van der Waals surface area contributed by atoms with Gasteiger partial charge in [-0.1, -0.05) is 31.4 Å². The zero-order valence-corrected chi connectivity index (χ0v) is 13.9. The highest BCUT2D eigenvalue weighted by Crippen LogP contribution is 2.16. The second-order valence-electron chi connectivity index (χ2n) is 5.25. The van der Waals surface area contributed by atoms with Gasteiger partial charge in [0.25, 0.3) is 0 Å². The van der Waals surface area contributed by atoms with Gasteiger partial charge in [0.15, 0.2) is 0 Å². The highest BCUT2D eigenvalue weighted by atomic mass is 35.5. The average molecular weight is 352 g/mol. The number of aliphatic carboxylic acids is 1. The van der Waals surface area contributed by atoms with Gasteiger partial charge in [0.2, 0.25) is 11.7 Å². The number of carbonyl (C=O) groups excluding carboxylic acids is 1. The molecule has 0 aliphatic heterocycles.